The van der Waals surface area contributed by atoms with E-state index < -0.39 is 9.84 Å². The highest BCUT2D eigenvalue weighted by Crippen LogP contribution is 2.14. The van der Waals surface area contributed by atoms with Gasteiger partial charge in [-0.3, -0.25) is 0 Å². The smallest absolute Gasteiger partial charge is 0.148 e. The van der Waals surface area contributed by atoms with Gasteiger partial charge in [-0.15, -0.1) is 0 Å². The summed E-state index contributed by atoms with van der Waals surface area (Å²) in [6.07, 6.45) is 3.30. The first kappa shape index (κ1) is 13.9. The van der Waals surface area contributed by atoms with Gasteiger partial charge in [0.05, 0.1) is 5.75 Å². The van der Waals surface area contributed by atoms with Crippen LogP contribution in [0.25, 0.3) is 0 Å². The summed E-state index contributed by atoms with van der Waals surface area (Å²) in [5.74, 6) is 0.211. The maximum atomic E-state index is 11.1. The van der Waals surface area contributed by atoms with Gasteiger partial charge in [-0.2, -0.15) is 0 Å². The van der Waals surface area contributed by atoms with Crippen molar-refractivity contribution >= 4 is 9.84 Å². The van der Waals surface area contributed by atoms with Gasteiger partial charge in [0.2, 0.25) is 0 Å². The van der Waals surface area contributed by atoms with E-state index in [0.717, 1.165) is 12.8 Å². The largest absolute Gasteiger partial charge is 0.308 e. The third kappa shape index (κ3) is 5.60. The van der Waals surface area contributed by atoms with Crippen molar-refractivity contribution < 1.29 is 8.42 Å². The monoisotopic (exact) mass is 221 g/mol. The molecular formula is C10H23NO2S. The van der Waals surface area contributed by atoms with Gasteiger partial charge >= 0.3 is 0 Å². The molecule has 0 aromatic heterocycles. The molecule has 3 nitrogen and oxygen atoms in total. The first-order valence-corrected chi connectivity index (χ1v) is 7.24. The van der Waals surface area contributed by atoms with E-state index in [1.54, 1.807) is 0 Å². The molecule has 0 aromatic carbocycles. The highest BCUT2D eigenvalue weighted by Gasteiger charge is 2.22. The summed E-state index contributed by atoms with van der Waals surface area (Å²) in [5, 5.41) is 3.37. The summed E-state index contributed by atoms with van der Waals surface area (Å²) in [7, 11) is -2.87. The summed E-state index contributed by atoms with van der Waals surface area (Å²) in [4.78, 5) is 0. The number of nitrogens with one attached hydrogen (secondary N) is 1. The summed E-state index contributed by atoms with van der Waals surface area (Å²) in [6.45, 7) is 8.28. The van der Waals surface area contributed by atoms with Crippen molar-refractivity contribution in [3.8, 4) is 0 Å². The Morgan fingerprint density at radius 1 is 1.29 bits per heavy atom. The van der Waals surface area contributed by atoms with Crippen LogP contribution in [0, 0.1) is 0 Å². The van der Waals surface area contributed by atoms with Gasteiger partial charge in [0.15, 0.2) is 0 Å². The molecule has 0 saturated heterocycles. The van der Waals surface area contributed by atoms with E-state index in [4.69, 9.17) is 0 Å². The first-order valence-electron chi connectivity index (χ1n) is 5.18. The maximum Gasteiger partial charge on any atom is 0.148 e. The first-order chi connectivity index (χ1) is 6.22. The van der Waals surface area contributed by atoms with Crippen molar-refractivity contribution in [2.24, 2.45) is 0 Å². The van der Waals surface area contributed by atoms with Crippen molar-refractivity contribution in [3.05, 3.63) is 0 Å². The predicted molar refractivity (Wildman–Crippen MR) is 61.3 cm³/mol. The Morgan fingerprint density at radius 2 is 1.71 bits per heavy atom. The second kappa shape index (κ2) is 5.12. The van der Waals surface area contributed by atoms with E-state index in [9.17, 15) is 8.42 Å². The Morgan fingerprint density at radius 3 is 2.00 bits per heavy atom. The molecule has 0 aromatic rings. The molecule has 0 fully saturated rings. The van der Waals surface area contributed by atoms with E-state index in [0.29, 0.717) is 0 Å². The van der Waals surface area contributed by atoms with Crippen LogP contribution < -0.4 is 5.32 Å². The van der Waals surface area contributed by atoms with Gasteiger partial charge in [-0.1, -0.05) is 13.8 Å². The van der Waals surface area contributed by atoms with E-state index in [1.165, 1.54) is 6.26 Å². The molecule has 0 amide bonds. The summed E-state index contributed by atoms with van der Waals surface area (Å²) < 4.78 is 22.1. The fourth-order valence-electron chi connectivity index (χ4n) is 1.54. The van der Waals surface area contributed by atoms with Crippen LogP contribution in [0.15, 0.2) is 0 Å². The molecule has 86 valence electrons. The molecule has 0 spiro atoms. The summed E-state index contributed by atoms with van der Waals surface area (Å²) in [6, 6.07) is 0.0231. The van der Waals surface area contributed by atoms with E-state index in [1.807, 2.05) is 6.92 Å². The number of rotatable bonds is 6. The highest BCUT2D eigenvalue weighted by molar-refractivity contribution is 7.90. The van der Waals surface area contributed by atoms with Crippen molar-refractivity contribution in [3.63, 3.8) is 0 Å². The zero-order valence-corrected chi connectivity index (χ0v) is 10.7. The van der Waals surface area contributed by atoms with Crippen molar-refractivity contribution in [1.82, 2.24) is 5.32 Å². The predicted octanol–water partition coefficient (Wildman–Crippen LogP) is 1.59. The van der Waals surface area contributed by atoms with Gasteiger partial charge in [0.1, 0.15) is 9.84 Å². The molecular weight excluding hydrogens is 198 g/mol. The lowest BCUT2D eigenvalue weighted by Crippen LogP contribution is -2.48. The second-order valence-electron chi connectivity index (χ2n) is 4.41. The van der Waals surface area contributed by atoms with E-state index in [2.05, 4.69) is 26.1 Å². The van der Waals surface area contributed by atoms with Gasteiger partial charge < -0.3 is 5.32 Å². The second-order valence-corrected chi connectivity index (χ2v) is 6.59. The SMILES string of the molecule is CCC(C)(CC)NC(C)CS(C)(=O)=O. The lowest BCUT2D eigenvalue weighted by molar-refractivity contribution is 0.306. The Kier molecular flexibility index (Phi) is 5.09. The van der Waals surface area contributed by atoms with Gasteiger partial charge in [0.25, 0.3) is 0 Å². The molecule has 1 atom stereocenters. The normalized spacial score (nSPS) is 15.5. The van der Waals surface area contributed by atoms with Crippen LogP contribution in [0.1, 0.15) is 40.5 Å². The molecule has 0 aliphatic rings. The Hall–Kier alpha value is -0.0900. The minimum atomic E-state index is -2.87. The molecule has 0 aliphatic carbocycles. The quantitative estimate of drug-likeness (QED) is 0.741. The van der Waals surface area contributed by atoms with Crippen LogP contribution in [-0.4, -0.2) is 32.0 Å². The van der Waals surface area contributed by atoms with Crippen molar-refractivity contribution in [1.29, 1.82) is 0 Å². The Bertz CT molecular complexity index is 255. The topological polar surface area (TPSA) is 46.2 Å². The molecule has 0 radical (unpaired) electrons. The zero-order chi connectivity index (χ0) is 11.4. The Labute approximate surface area is 88.2 Å². The van der Waals surface area contributed by atoms with Crippen molar-refractivity contribution in [2.45, 2.75) is 52.1 Å². The van der Waals surface area contributed by atoms with E-state index >= 15 is 0 Å². The number of hydrogen-bond donors (Lipinski definition) is 1. The molecule has 14 heavy (non-hydrogen) atoms. The molecule has 1 N–H and O–H groups in total. The Balaban J connectivity index is 4.24. The average Bonchev–Trinajstić information content (AvgIpc) is 2.00. The minimum Gasteiger partial charge on any atom is -0.308 e. The number of sulfone groups is 1. The van der Waals surface area contributed by atoms with Crippen LogP contribution in [0.4, 0.5) is 0 Å². The third-order valence-electron chi connectivity index (χ3n) is 2.71. The van der Waals surface area contributed by atoms with Crippen LogP contribution >= 0.6 is 0 Å². The zero-order valence-electron chi connectivity index (χ0n) is 9.92. The van der Waals surface area contributed by atoms with Crippen LogP contribution in [-0.2, 0) is 9.84 Å². The molecule has 0 bridgehead atoms. The highest BCUT2D eigenvalue weighted by atomic mass is 32.2. The lowest BCUT2D eigenvalue weighted by Gasteiger charge is -2.31. The molecule has 0 rings (SSSR count). The van der Waals surface area contributed by atoms with Crippen molar-refractivity contribution in [2.75, 3.05) is 12.0 Å². The fraction of sp³-hybridized carbons (Fsp3) is 1.00. The molecule has 0 aliphatic heterocycles. The average molecular weight is 221 g/mol. The summed E-state index contributed by atoms with van der Waals surface area (Å²) >= 11 is 0. The van der Waals surface area contributed by atoms with Crippen LogP contribution in [0.5, 0.6) is 0 Å². The molecule has 0 heterocycles. The maximum absolute atomic E-state index is 11.1. The van der Waals surface area contributed by atoms with Crippen LogP contribution in [0.2, 0.25) is 0 Å². The van der Waals surface area contributed by atoms with E-state index in [-0.39, 0.29) is 17.3 Å². The van der Waals surface area contributed by atoms with Gasteiger partial charge in [0, 0.05) is 17.8 Å². The lowest BCUT2D eigenvalue weighted by atomic mass is 9.95. The molecule has 4 heteroatoms. The fourth-order valence-corrected chi connectivity index (χ4v) is 2.54. The van der Waals surface area contributed by atoms with Gasteiger partial charge in [-0.25, -0.2) is 8.42 Å². The number of hydrogen-bond acceptors (Lipinski definition) is 3. The van der Waals surface area contributed by atoms with Crippen LogP contribution in [0.3, 0.4) is 0 Å². The molecule has 0 saturated carbocycles. The summed E-state index contributed by atoms with van der Waals surface area (Å²) in [5.41, 5.74) is 0.0596. The standard InChI is InChI=1S/C10H23NO2S/c1-6-10(4,7-2)11-9(3)8-14(5,12)13/h9,11H,6-8H2,1-5H3. The minimum absolute atomic E-state index is 0.0231. The molecule has 1 unspecified atom stereocenters. The van der Waals surface area contributed by atoms with Gasteiger partial charge in [-0.05, 0) is 26.7 Å². The third-order valence-corrected chi connectivity index (χ3v) is 3.81.